The van der Waals surface area contributed by atoms with Crippen LogP contribution in [0.3, 0.4) is 0 Å². The van der Waals surface area contributed by atoms with E-state index < -0.39 is 0 Å². The molecule has 1 fully saturated rings. The lowest BCUT2D eigenvalue weighted by atomic mass is 10.0. The predicted molar refractivity (Wildman–Crippen MR) is 80.1 cm³/mol. The first-order chi connectivity index (χ1) is 9.56. The van der Waals surface area contributed by atoms with Crippen LogP contribution in [0.5, 0.6) is 5.88 Å². The number of aromatic nitrogens is 2. The lowest BCUT2D eigenvalue weighted by Crippen LogP contribution is -2.57. The normalized spacial score (nSPS) is 17.3. The minimum Gasteiger partial charge on any atom is -0.478 e. The van der Waals surface area contributed by atoms with Gasteiger partial charge in [-0.15, -0.1) is 0 Å². The quantitative estimate of drug-likeness (QED) is 0.857. The van der Waals surface area contributed by atoms with Crippen molar-refractivity contribution in [1.29, 1.82) is 0 Å². The highest BCUT2D eigenvalue weighted by Gasteiger charge is 2.29. The van der Waals surface area contributed by atoms with Crippen LogP contribution in [0, 0.1) is 0 Å². The Labute approximate surface area is 120 Å². The van der Waals surface area contributed by atoms with E-state index in [1.165, 1.54) is 0 Å². The fourth-order valence-corrected chi connectivity index (χ4v) is 2.40. The zero-order valence-electron chi connectivity index (χ0n) is 12.7. The van der Waals surface area contributed by atoms with E-state index in [0.717, 1.165) is 32.0 Å². The molecule has 0 saturated carbocycles. The van der Waals surface area contributed by atoms with Crippen LogP contribution in [0.25, 0.3) is 0 Å². The lowest BCUT2D eigenvalue weighted by molar-refractivity contribution is 0.119. The van der Waals surface area contributed by atoms with Crippen molar-refractivity contribution in [3.8, 4) is 5.88 Å². The van der Waals surface area contributed by atoms with E-state index in [9.17, 15) is 0 Å². The Morgan fingerprint density at radius 1 is 1.25 bits per heavy atom. The molecule has 1 aromatic heterocycles. The molecule has 0 aromatic carbocycles. The lowest BCUT2D eigenvalue weighted by Gasteiger charge is -2.43. The van der Waals surface area contributed by atoms with Gasteiger partial charge in [0.05, 0.1) is 6.61 Å². The van der Waals surface area contributed by atoms with Gasteiger partial charge in [-0.25, -0.2) is 9.97 Å². The third-order valence-corrected chi connectivity index (χ3v) is 3.88. The molecule has 0 aliphatic carbocycles. The number of hydrogen-bond acceptors (Lipinski definition) is 6. The first-order valence-corrected chi connectivity index (χ1v) is 7.21. The second-order valence-electron chi connectivity index (χ2n) is 5.64. The molecule has 1 aromatic rings. The zero-order chi connectivity index (χ0) is 14.6. The maximum absolute atomic E-state index is 5.84. The fourth-order valence-electron chi connectivity index (χ4n) is 2.40. The van der Waals surface area contributed by atoms with Crippen LogP contribution in [0.4, 0.5) is 5.82 Å². The second kappa shape index (κ2) is 6.37. The molecule has 112 valence electrons. The Hall–Kier alpha value is -1.40. The SMILES string of the molecule is CCOc1cc(N2CCN(C(C)(C)CN)CC2)ncn1. The molecule has 0 unspecified atom stereocenters. The van der Waals surface area contributed by atoms with Crippen molar-refractivity contribution < 1.29 is 4.74 Å². The van der Waals surface area contributed by atoms with Crippen molar-refractivity contribution >= 4 is 5.82 Å². The van der Waals surface area contributed by atoms with Crippen molar-refractivity contribution in [2.24, 2.45) is 5.73 Å². The molecular formula is C14H25N5O. The zero-order valence-corrected chi connectivity index (χ0v) is 12.7. The molecule has 1 aliphatic rings. The van der Waals surface area contributed by atoms with Crippen LogP contribution < -0.4 is 15.4 Å². The number of nitrogens with zero attached hydrogens (tertiary/aromatic N) is 4. The smallest absolute Gasteiger partial charge is 0.218 e. The third-order valence-electron chi connectivity index (χ3n) is 3.88. The molecule has 20 heavy (non-hydrogen) atoms. The highest BCUT2D eigenvalue weighted by atomic mass is 16.5. The molecule has 6 nitrogen and oxygen atoms in total. The van der Waals surface area contributed by atoms with E-state index in [1.54, 1.807) is 6.33 Å². The van der Waals surface area contributed by atoms with Crippen LogP contribution in [-0.4, -0.2) is 59.7 Å². The van der Waals surface area contributed by atoms with E-state index in [4.69, 9.17) is 10.5 Å². The summed E-state index contributed by atoms with van der Waals surface area (Å²) in [6, 6.07) is 1.91. The van der Waals surface area contributed by atoms with Crippen molar-refractivity contribution in [3.63, 3.8) is 0 Å². The molecule has 2 heterocycles. The monoisotopic (exact) mass is 279 g/mol. The van der Waals surface area contributed by atoms with Crippen molar-refractivity contribution in [2.75, 3.05) is 44.2 Å². The highest BCUT2D eigenvalue weighted by molar-refractivity contribution is 5.41. The summed E-state index contributed by atoms with van der Waals surface area (Å²) in [5.41, 5.74) is 5.91. The molecule has 1 saturated heterocycles. The number of rotatable bonds is 5. The number of hydrogen-bond donors (Lipinski definition) is 1. The van der Waals surface area contributed by atoms with Crippen molar-refractivity contribution in [3.05, 3.63) is 12.4 Å². The summed E-state index contributed by atoms with van der Waals surface area (Å²) in [5, 5.41) is 0. The van der Waals surface area contributed by atoms with Gasteiger partial charge in [0.15, 0.2) is 0 Å². The van der Waals surface area contributed by atoms with E-state index in [0.29, 0.717) is 19.0 Å². The molecule has 0 spiro atoms. The van der Waals surface area contributed by atoms with E-state index >= 15 is 0 Å². The van der Waals surface area contributed by atoms with Gasteiger partial charge in [-0.1, -0.05) is 0 Å². The Balaban J connectivity index is 1.98. The van der Waals surface area contributed by atoms with Gasteiger partial charge in [0.1, 0.15) is 12.1 Å². The van der Waals surface area contributed by atoms with Crippen molar-refractivity contribution in [2.45, 2.75) is 26.3 Å². The molecule has 0 radical (unpaired) electrons. The maximum atomic E-state index is 5.84. The summed E-state index contributed by atoms with van der Waals surface area (Å²) in [5.74, 6) is 1.58. The van der Waals surface area contributed by atoms with E-state index in [2.05, 4.69) is 33.6 Å². The van der Waals surface area contributed by atoms with Crippen molar-refractivity contribution in [1.82, 2.24) is 14.9 Å². The van der Waals surface area contributed by atoms with Crippen LogP contribution >= 0.6 is 0 Å². The largest absolute Gasteiger partial charge is 0.478 e. The fraction of sp³-hybridized carbons (Fsp3) is 0.714. The van der Waals surface area contributed by atoms with Crippen LogP contribution in [0.2, 0.25) is 0 Å². The minimum absolute atomic E-state index is 0.0637. The molecule has 2 rings (SSSR count). The number of anilines is 1. The van der Waals surface area contributed by atoms with Gasteiger partial charge in [0.2, 0.25) is 5.88 Å². The first-order valence-electron chi connectivity index (χ1n) is 7.21. The molecule has 0 amide bonds. The molecule has 1 aliphatic heterocycles. The van der Waals surface area contributed by atoms with E-state index in [-0.39, 0.29) is 5.54 Å². The molecular weight excluding hydrogens is 254 g/mol. The topological polar surface area (TPSA) is 67.5 Å². The summed E-state index contributed by atoms with van der Waals surface area (Å²) in [7, 11) is 0. The van der Waals surface area contributed by atoms with Crippen LogP contribution in [-0.2, 0) is 0 Å². The maximum Gasteiger partial charge on any atom is 0.218 e. The molecule has 0 bridgehead atoms. The summed E-state index contributed by atoms with van der Waals surface area (Å²) >= 11 is 0. The summed E-state index contributed by atoms with van der Waals surface area (Å²) in [6.07, 6.45) is 1.57. The Morgan fingerprint density at radius 2 is 1.95 bits per heavy atom. The summed E-state index contributed by atoms with van der Waals surface area (Å²) < 4.78 is 5.43. The van der Waals surface area contributed by atoms with Gasteiger partial charge in [-0.3, -0.25) is 4.90 Å². The molecule has 0 atom stereocenters. The molecule has 6 heteroatoms. The Bertz CT molecular complexity index is 429. The predicted octanol–water partition coefficient (Wildman–Crippen LogP) is 0.735. The molecule has 2 N–H and O–H groups in total. The van der Waals surface area contributed by atoms with Gasteiger partial charge >= 0.3 is 0 Å². The average Bonchev–Trinajstić information content (AvgIpc) is 2.48. The van der Waals surface area contributed by atoms with Crippen LogP contribution in [0.15, 0.2) is 12.4 Å². The van der Waals surface area contributed by atoms with Gasteiger partial charge in [-0.2, -0.15) is 0 Å². The average molecular weight is 279 g/mol. The second-order valence-corrected chi connectivity index (χ2v) is 5.64. The Kier molecular flexibility index (Phi) is 4.77. The van der Waals surface area contributed by atoms with Gasteiger partial charge in [0, 0.05) is 44.3 Å². The third kappa shape index (κ3) is 3.37. The number of piperazine rings is 1. The highest BCUT2D eigenvalue weighted by Crippen LogP contribution is 2.20. The summed E-state index contributed by atoms with van der Waals surface area (Å²) in [4.78, 5) is 13.2. The summed E-state index contributed by atoms with van der Waals surface area (Å²) in [6.45, 7) is 11.5. The number of nitrogens with two attached hydrogens (primary N) is 1. The van der Waals surface area contributed by atoms with Gasteiger partial charge < -0.3 is 15.4 Å². The number of ether oxygens (including phenoxy) is 1. The van der Waals surface area contributed by atoms with Gasteiger partial charge in [0.25, 0.3) is 0 Å². The minimum atomic E-state index is 0.0637. The van der Waals surface area contributed by atoms with Gasteiger partial charge in [-0.05, 0) is 20.8 Å². The van der Waals surface area contributed by atoms with E-state index in [1.807, 2.05) is 13.0 Å². The van der Waals surface area contributed by atoms with Crippen LogP contribution in [0.1, 0.15) is 20.8 Å². The standard InChI is InChI=1S/C14H25N5O/c1-4-20-13-9-12(16-11-17-13)18-5-7-19(8-6-18)14(2,3)10-15/h9,11H,4-8,10,15H2,1-3H3. The first kappa shape index (κ1) is 15.0. The Morgan fingerprint density at radius 3 is 2.55 bits per heavy atom.